The summed E-state index contributed by atoms with van der Waals surface area (Å²) in [4.78, 5) is 24.6. The van der Waals surface area contributed by atoms with Gasteiger partial charge in [0.2, 0.25) is 5.91 Å². The van der Waals surface area contributed by atoms with Crippen molar-refractivity contribution in [2.45, 2.75) is 19.5 Å². The van der Waals surface area contributed by atoms with Gasteiger partial charge in [0.25, 0.3) is 0 Å². The number of halogens is 1. The fraction of sp³-hybridized carbons (Fsp3) is 0.222. The van der Waals surface area contributed by atoms with Gasteiger partial charge in [-0.15, -0.1) is 0 Å². The third-order valence-corrected chi connectivity index (χ3v) is 4.47. The van der Waals surface area contributed by atoms with Crippen LogP contribution < -0.4 is 15.8 Å². The Morgan fingerprint density at radius 1 is 1.32 bits per heavy atom. The largest absolute Gasteiger partial charge is 0.496 e. The van der Waals surface area contributed by atoms with Crippen LogP contribution in [0, 0.1) is 0 Å². The number of methoxy groups -OCH3 is 1. The third kappa shape index (κ3) is 3.46. The van der Waals surface area contributed by atoms with Crippen molar-refractivity contribution in [3.63, 3.8) is 0 Å². The van der Waals surface area contributed by atoms with Crippen molar-refractivity contribution in [3.05, 3.63) is 63.1 Å². The number of aromatic nitrogens is 1. The SMILES string of the molecule is COc1ccc(Br)cc1CNC(=O)C(C)n1c(=O)oc2ccccc21. The molecule has 0 aliphatic heterocycles. The van der Waals surface area contributed by atoms with E-state index in [1.807, 2.05) is 18.2 Å². The van der Waals surface area contributed by atoms with Gasteiger partial charge in [0.05, 0.1) is 12.6 Å². The molecular formula is C18H17BrN2O4. The molecule has 0 spiro atoms. The minimum Gasteiger partial charge on any atom is -0.496 e. The van der Waals surface area contributed by atoms with Crippen LogP contribution in [-0.2, 0) is 11.3 Å². The molecule has 25 heavy (non-hydrogen) atoms. The average molecular weight is 405 g/mol. The molecule has 1 N–H and O–H groups in total. The molecule has 0 radical (unpaired) electrons. The van der Waals surface area contributed by atoms with Crippen molar-refractivity contribution in [1.82, 2.24) is 9.88 Å². The van der Waals surface area contributed by atoms with Crippen LogP contribution in [0.2, 0.25) is 0 Å². The molecule has 0 aliphatic rings. The molecule has 0 fully saturated rings. The van der Waals surface area contributed by atoms with E-state index < -0.39 is 11.8 Å². The molecule has 1 amide bonds. The molecule has 0 saturated heterocycles. The van der Waals surface area contributed by atoms with Crippen molar-refractivity contribution < 1.29 is 13.9 Å². The van der Waals surface area contributed by atoms with Gasteiger partial charge in [-0.1, -0.05) is 28.1 Å². The van der Waals surface area contributed by atoms with E-state index in [-0.39, 0.29) is 12.5 Å². The summed E-state index contributed by atoms with van der Waals surface area (Å²) in [5.41, 5.74) is 1.89. The predicted octanol–water partition coefficient (Wildman–Crippen LogP) is 3.24. The highest BCUT2D eigenvalue weighted by molar-refractivity contribution is 9.10. The second-order valence-corrected chi connectivity index (χ2v) is 6.47. The Bertz CT molecular complexity index is 977. The fourth-order valence-corrected chi connectivity index (χ4v) is 3.09. The number of para-hydroxylation sites is 2. The first-order chi connectivity index (χ1) is 12.0. The van der Waals surface area contributed by atoms with Crippen LogP contribution >= 0.6 is 15.9 Å². The normalized spacial score (nSPS) is 12.1. The molecule has 1 aromatic heterocycles. The molecule has 6 nitrogen and oxygen atoms in total. The predicted molar refractivity (Wildman–Crippen MR) is 97.7 cm³/mol. The minimum atomic E-state index is -0.700. The molecule has 3 aromatic rings. The average Bonchev–Trinajstić information content (AvgIpc) is 2.94. The van der Waals surface area contributed by atoms with Gasteiger partial charge in [-0.3, -0.25) is 9.36 Å². The molecule has 0 bridgehead atoms. The second kappa shape index (κ2) is 7.14. The van der Waals surface area contributed by atoms with E-state index >= 15 is 0 Å². The first-order valence-corrected chi connectivity index (χ1v) is 8.50. The maximum absolute atomic E-state index is 12.5. The second-order valence-electron chi connectivity index (χ2n) is 5.56. The summed E-state index contributed by atoms with van der Waals surface area (Å²) in [6, 6.07) is 11.9. The number of hydrogen-bond acceptors (Lipinski definition) is 4. The number of carbonyl (C=O) groups is 1. The number of oxazole rings is 1. The highest BCUT2D eigenvalue weighted by atomic mass is 79.9. The summed E-state index contributed by atoms with van der Waals surface area (Å²) in [5.74, 6) is -0.151. The molecule has 7 heteroatoms. The number of carbonyl (C=O) groups excluding carboxylic acids is 1. The Morgan fingerprint density at radius 2 is 2.08 bits per heavy atom. The van der Waals surface area contributed by atoms with Gasteiger partial charge < -0.3 is 14.5 Å². The van der Waals surface area contributed by atoms with E-state index in [4.69, 9.17) is 9.15 Å². The van der Waals surface area contributed by atoms with E-state index in [2.05, 4.69) is 21.2 Å². The Kier molecular flexibility index (Phi) is 4.94. The highest BCUT2D eigenvalue weighted by Gasteiger charge is 2.21. The monoisotopic (exact) mass is 404 g/mol. The summed E-state index contributed by atoms with van der Waals surface area (Å²) >= 11 is 3.40. The van der Waals surface area contributed by atoms with Crippen LogP contribution in [0.25, 0.3) is 11.1 Å². The fourth-order valence-electron chi connectivity index (χ4n) is 2.68. The van der Waals surface area contributed by atoms with Crippen LogP contribution in [0.1, 0.15) is 18.5 Å². The van der Waals surface area contributed by atoms with Gasteiger partial charge in [0.1, 0.15) is 11.8 Å². The number of fused-ring (bicyclic) bond motifs is 1. The van der Waals surface area contributed by atoms with Gasteiger partial charge in [-0.25, -0.2) is 4.79 Å². The summed E-state index contributed by atoms with van der Waals surface area (Å²) in [5, 5.41) is 2.84. The van der Waals surface area contributed by atoms with E-state index in [1.54, 1.807) is 38.3 Å². The summed E-state index contributed by atoms with van der Waals surface area (Å²) in [6.07, 6.45) is 0. The Morgan fingerprint density at radius 3 is 2.84 bits per heavy atom. The quantitative estimate of drug-likeness (QED) is 0.708. The lowest BCUT2D eigenvalue weighted by molar-refractivity contribution is -0.124. The molecular weight excluding hydrogens is 388 g/mol. The first kappa shape index (κ1) is 17.3. The molecule has 130 valence electrons. The zero-order valence-electron chi connectivity index (χ0n) is 13.8. The molecule has 3 rings (SSSR count). The first-order valence-electron chi connectivity index (χ1n) is 7.71. The third-order valence-electron chi connectivity index (χ3n) is 3.98. The minimum absolute atomic E-state index is 0.282. The van der Waals surface area contributed by atoms with Crippen LogP contribution in [0.5, 0.6) is 5.75 Å². The van der Waals surface area contributed by atoms with Crippen molar-refractivity contribution >= 4 is 32.9 Å². The number of benzene rings is 2. The number of rotatable bonds is 5. The standard InChI is InChI=1S/C18H17BrN2O4/c1-11(21-14-5-3-4-6-16(14)25-18(21)23)17(22)20-10-12-9-13(19)7-8-15(12)24-2/h3-9,11H,10H2,1-2H3,(H,20,22). The lowest BCUT2D eigenvalue weighted by atomic mass is 10.2. The number of nitrogens with zero attached hydrogens (tertiary/aromatic N) is 1. The summed E-state index contributed by atoms with van der Waals surface area (Å²) < 4.78 is 12.7. The Balaban J connectivity index is 1.80. The van der Waals surface area contributed by atoms with Gasteiger partial charge in [-0.05, 0) is 37.3 Å². The number of nitrogens with one attached hydrogen (secondary N) is 1. The molecule has 2 aromatic carbocycles. The molecule has 1 unspecified atom stereocenters. The van der Waals surface area contributed by atoms with Gasteiger partial charge in [-0.2, -0.15) is 0 Å². The number of amides is 1. The topological polar surface area (TPSA) is 73.5 Å². The smallest absolute Gasteiger partial charge is 0.420 e. The Labute approximate surface area is 152 Å². The highest BCUT2D eigenvalue weighted by Crippen LogP contribution is 2.23. The molecule has 0 saturated carbocycles. The number of hydrogen-bond donors (Lipinski definition) is 1. The van der Waals surface area contributed by atoms with Gasteiger partial charge in [0.15, 0.2) is 5.58 Å². The molecule has 1 atom stereocenters. The van der Waals surface area contributed by atoms with Crippen LogP contribution in [0.15, 0.2) is 56.1 Å². The van der Waals surface area contributed by atoms with Crippen molar-refractivity contribution in [3.8, 4) is 5.75 Å². The van der Waals surface area contributed by atoms with Gasteiger partial charge in [0, 0.05) is 16.6 Å². The van der Waals surface area contributed by atoms with Crippen LogP contribution in [-0.4, -0.2) is 17.6 Å². The lowest BCUT2D eigenvalue weighted by Gasteiger charge is -2.14. The van der Waals surface area contributed by atoms with Crippen LogP contribution in [0.4, 0.5) is 0 Å². The zero-order valence-corrected chi connectivity index (χ0v) is 15.4. The number of ether oxygens (including phenoxy) is 1. The van der Waals surface area contributed by atoms with E-state index in [9.17, 15) is 9.59 Å². The van der Waals surface area contributed by atoms with Crippen molar-refractivity contribution in [2.75, 3.05) is 7.11 Å². The van der Waals surface area contributed by atoms with Crippen molar-refractivity contribution in [1.29, 1.82) is 0 Å². The maximum Gasteiger partial charge on any atom is 0.420 e. The summed E-state index contributed by atoms with van der Waals surface area (Å²) in [6.45, 7) is 1.95. The lowest BCUT2D eigenvalue weighted by Crippen LogP contribution is -2.34. The maximum atomic E-state index is 12.5. The Hall–Kier alpha value is -2.54. The summed E-state index contributed by atoms with van der Waals surface area (Å²) in [7, 11) is 1.58. The zero-order chi connectivity index (χ0) is 18.0. The molecule has 0 aliphatic carbocycles. The van der Waals surface area contributed by atoms with E-state index in [1.165, 1.54) is 4.57 Å². The molecule has 1 heterocycles. The van der Waals surface area contributed by atoms with Gasteiger partial charge >= 0.3 is 5.76 Å². The van der Waals surface area contributed by atoms with E-state index in [0.717, 1.165) is 10.0 Å². The van der Waals surface area contributed by atoms with Crippen molar-refractivity contribution in [2.24, 2.45) is 0 Å². The van der Waals surface area contributed by atoms with E-state index in [0.29, 0.717) is 16.8 Å². The van der Waals surface area contributed by atoms with Crippen LogP contribution in [0.3, 0.4) is 0 Å².